The average molecular weight is 318 g/mol. The first-order valence-electron chi connectivity index (χ1n) is 6.76. The summed E-state index contributed by atoms with van der Waals surface area (Å²) in [4.78, 5) is 12.2. The van der Waals surface area contributed by atoms with Gasteiger partial charge in [-0.25, -0.2) is 0 Å². The van der Waals surface area contributed by atoms with E-state index < -0.39 is 5.51 Å². The van der Waals surface area contributed by atoms with Crippen LogP contribution in [0.3, 0.4) is 0 Å². The molecule has 2 rings (SSSR count). The Bertz CT molecular complexity index is 507. The van der Waals surface area contributed by atoms with Gasteiger partial charge in [0.05, 0.1) is 5.69 Å². The second-order valence-electron chi connectivity index (χ2n) is 5.07. The van der Waals surface area contributed by atoms with E-state index in [2.05, 4.69) is 5.32 Å². The van der Waals surface area contributed by atoms with Crippen LogP contribution in [0.2, 0.25) is 0 Å². The fourth-order valence-corrected chi connectivity index (χ4v) is 3.30. The van der Waals surface area contributed by atoms with Gasteiger partial charge >= 0.3 is 5.51 Å². The van der Waals surface area contributed by atoms with Crippen LogP contribution in [0.15, 0.2) is 29.2 Å². The lowest BCUT2D eigenvalue weighted by molar-refractivity contribution is -0.120. The van der Waals surface area contributed by atoms with E-state index in [4.69, 9.17) is 5.73 Å². The minimum atomic E-state index is -4.38. The van der Waals surface area contributed by atoms with Crippen molar-refractivity contribution in [3.63, 3.8) is 0 Å². The van der Waals surface area contributed by atoms with Gasteiger partial charge in [0, 0.05) is 10.8 Å². The zero-order valence-electron chi connectivity index (χ0n) is 11.3. The standard InChI is InChI=1S/C14H17F3N2OS/c15-14(16,17)21-12-7-2-1-6-11(12)19-13(20)10-5-3-4-9(10)8-18/h1-2,6-7,9-10H,3-5,8,18H2,(H,19,20)/t9-,10-/m1/s1. The molecule has 116 valence electrons. The van der Waals surface area contributed by atoms with E-state index in [1.165, 1.54) is 18.2 Å². The van der Waals surface area contributed by atoms with Crippen LogP contribution in [0.5, 0.6) is 0 Å². The van der Waals surface area contributed by atoms with Gasteiger partial charge in [0.25, 0.3) is 0 Å². The SMILES string of the molecule is NC[C@H]1CCC[C@H]1C(=O)Nc1ccccc1SC(F)(F)F. The number of hydrogen-bond acceptors (Lipinski definition) is 3. The Hall–Kier alpha value is -1.21. The van der Waals surface area contributed by atoms with Gasteiger partial charge in [-0.1, -0.05) is 18.6 Å². The molecule has 3 N–H and O–H groups in total. The number of nitrogens with one attached hydrogen (secondary N) is 1. The molecule has 2 atom stereocenters. The monoisotopic (exact) mass is 318 g/mol. The number of anilines is 1. The largest absolute Gasteiger partial charge is 0.446 e. The van der Waals surface area contributed by atoms with Crippen LogP contribution in [0, 0.1) is 11.8 Å². The quantitative estimate of drug-likeness (QED) is 0.834. The molecule has 1 amide bonds. The third-order valence-corrected chi connectivity index (χ3v) is 4.48. The Labute approximate surface area is 125 Å². The van der Waals surface area contributed by atoms with Crippen LogP contribution in [-0.4, -0.2) is 18.0 Å². The van der Waals surface area contributed by atoms with E-state index in [9.17, 15) is 18.0 Å². The lowest BCUT2D eigenvalue weighted by Gasteiger charge is -2.19. The molecule has 7 heteroatoms. The molecule has 3 nitrogen and oxygen atoms in total. The molecule has 0 unspecified atom stereocenters. The number of para-hydroxylation sites is 1. The molecule has 0 radical (unpaired) electrons. The highest BCUT2D eigenvalue weighted by Gasteiger charge is 2.33. The fraction of sp³-hybridized carbons (Fsp3) is 0.500. The number of benzene rings is 1. The first-order valence-corrected chi connectivity index (χ1v) is 7.58. The molecule has 1 aromatic rings. The summed E-state index contributed by atoms with van der Waals surface area (Å²) in [5.74, 6) is -0.329. The van der Waals surface area contributed by atoms with E-state index in [-0.39, 0.29) is 40.1 Å². The van der Waals surface area contributed by atoms with Crippen LogP contribution in [-0.2, 0) is 4.79 Å². The van der Waals surface area contributed by atoms with Gasteiger partial charge in [0.1, 0.15) is 0 Å². The maximum Gasteiger partial charge on any atom is 0.446 e. The van der Waals surface area contributed by atoms with Crippen molar-refractivity contribution in [1.82, 2.24) is 0 Å². The van der Waals surface area contributed by atoms with Crippen molar-refractivity contribution in [2.45, 2.75) is 29.7 Å². The van der Waals surface area contributed by atoms with E-state index in [0.29, 0.717) is 6.54 Å². The highest BCUT2D eigenvalue weighted by molar-refractivity contribution is 8.00. The number of thioether (sulfide) groups is 1. The predicted octanol–water partition coefficient (Wildman–Crippen LogP) is 3.61. The molecule has 0 saturated heterocycles. The second-order valence-corrected chi connectivity index (χ2v) is 6.17. The molecule has 1 fully saturated rings. The highest BCUT2D eigenvalue weighted by atomic mass is 32.2. The Balaban J connectivity index is 2.10. The smallest absolute Gasteiger partial charge is 0.330 e. The number of alkyl halides is 3. The van der Waals surface area contributed by atoms with E-state index in [1.807, 2.05) is 0 Å². The normalized spacial score (nSPS) is 22.3. The Kier molecular flexibility index (Phi) is 5.16. The Morgan fingerprint density at radius 1 is 1.33 bits per heavy atom. The first-order chi connectivity index (χ1) is 9.90. The summed E-state index contributed by atoms with van der Waals surface area (Å²) in [6.07, 6.45) is 2.56. The molecule has 0 bridgehead atoms. The van der Waals surface area contributed by atoms with E-state index in [1.54, 1.807) is 6.07 Å². The molecule has 0 heterocycles. The molecular formula is C14H17F3N2OS. The number of carbonyl (C=O) groups excluding carboxylic acids is 1. The van der Waals surface area contributed by atoms with Crippen molar-refractivity contribution < 1.29 is 18.0 Å². The summed E-state index contributed by atoms with van der Waals surface area (Å²) in [6, 6.07) is 5.95. The Morgan fingerprint density at radius 2 is 2.05 bits per heavy atom. The van der Waals surface area contributed by atoms with Gasteiger partial charge in [-0.3, -0.25) is 4.79 Å². The third-order valence-electron chi connectivity index (χ3n) is 3.67. The van der Waals surface area contributed by atoms with Crippen LogP contribution in [0.4, 0.5) is 18.9 Å². The van der Waals surface area contributed by atoms with Gasteiger partial charge in [-0.05, 0) is 49.2 Å². The van der Waals surface area contributed by atoms with E-state index >= 15 is 0 Å². The summed E-state index contributed by atoms with van der Waals surface area (Å²) in [5.41, 5.74) is 1.46. The molecule has 21 heavy (non-hydrogen) atoms. The van der Waals surface area contributed by atoms with Crippen molar-refractivity contribution in [1.29, 1.82) is 0 Å². The fourth-order valence-electron chi connectivity index (χ4n) is 2.67. The van der Waals surface area contributed by atoms with Gasteiger partial charge in [0.2, 0.25) is 5.91 Å². The van der Waals surface area contributed by atoms with Crippen LogP contribution >= 0.6 is 11.8 Å². The minimum absolute atomic E-state index is 0.000598. The highest BCUT2D eigenvalue weighted by Crippen LogP contribution is 2.41. The minimum Gasteiger partial charge on any atom is -0.330 e. The van der Waals surface area contributed by atoms with Gasteiger partial charge in [-0.2, -0.15) is 13.2 Å². The van der Waals surface area contributed by atoms with Crippen LogP contribution in [0.25, 0.3) is 0 Å². The van der Waals surface area contributed by atoms with Gasteiger partial charge in [-0.15, -0.1) is 0 Å². The summed E-state index contributed by atoms with van der Waals surface area (Å²) < 4.78 is 37.5. The third kappa shape index (κ3) is 4.38. The maximum atomic E-state index is 12.5. The topological polar surface area (TPSA) is 55.1 Å². The number of hydrogen-bond donors (Lipinski definition) is 2. The zero-order chi connectivity index (χ0) is 15.5. The van der Waals surface area contributed by atoms with Crippen LogP contribution in [0.1, 0.15) is 19.3 Å². The van der Waals surface area contributed by atoms with Crippen molar-refractivity contribution >= 4 is 23.4 Å². The van der Waals surface area contributed by atoms with Crippen LogP contribution < -0.4 is 11.1 Å². The molecule has 0 spiro atoms. The van der Waals surface area contributed by atoms with Crippen molar-refractivity contribution in [2.24, 2.45) is 17.6 Å². The zero-order valence-corrected chi connectivity index (χ0v) is 12.1. The van der Waals surface area contributed by atoms with Crippen molar-refractivity contribution in [3.8, 4) is 0 Å². The van der Waals surface area contributed by atoms with Crippen molar-refractivity contribution in [2.75, 3.05) is 11.9 Å². The predicted molar refractivity (Wildman–Crippen MR) is 76.9 cm³/mol. The lowest BCUT2D eigenvalue weighted by Crippen LogP contribution is -2.29. The second kappa shape index (κ2) is 6.70. The summed E-state index contributed by atoms with van der Waals surface area (Å²) >= 11 is -0.221. The van der Waals surface area contributed by atoms with Crippen molar-refractivity contribution in [3.05, 3.63) is 24.3 Å². The average Bonchev–Trinajstić information content (AvgIpc) is 2.87. The number of nitrogens with two attached hydrogens (primary N) is 1. The van der Waals surface area contributed by atoms with Gasteiger partial charge in [0.15, 0.2) is 0 Å². The summed E-state index contributed by atoms with van der Waals surface area (Å²) in [6.45, 7) is 0.428. The lowest BCUT2D eigenvalue weighted by atomic mass is 9.95. The van der Waals surface area contributed by atoms with Gasteiger partial charge < -0.3 is 11.1 Å². The van der Waals surface area contributed by atoms with E-state index in [0.717, 1.165) is 19.3 Å². The molecule has 1 aliphatic carbocycles. The molecule has 1 aliphatic rings. The molecule has 0 aliphatic heterocycles. The Morgan fingerprint density at radius 3 is 2.71 bits per heavy atom. The summed E-state index contributed by atoms with van der Waals surface area (Å²) in [5, 5.41) is 2.62. The molecule has 0 aromatic heterocycles. The molecule has 1 saturated carbocycles. The summed E-state index contributed by atoms with van der Waals surface area (Å²) in [7, 11) is 0. The number of rotatable bonds is 4. The molecular weight excluding hydrogens is 301 g/mol. The number of amides is 1. The maximum absolute atomic E-state index is 12.5. The number of carbonyl (C=O) groups is 1. The number of halogens is 3. The molecule has 1 aromatic carbocycles. The first kappa shape index (κ1) is 16.2.